The van der Waals surface area contributed by atoms with E-state index in [1.165, 1.54) is 0 Å². The zero-order valence-electron chi connectivity index (χ0n) is 10.6. The number of fused-ring (bicyclic) bond motifs is 1. The SMILES string of the molecule is COc1c(-c2ccccc2C)nc2ccc(Cl)nn12. The zero-order chi connectivity index (χ0) is 13.4. The summed E-state index contributed by atoms with van der Waals surface area (Å²) in [5.41, 5.74) is 3.64. The van der Waals surface area contributed by atoms with E-state index in [4.69, 9.17) is 16.3 Å². The third-order valence-electron chi connectivity index (χ3n) is 3.00. The number of benzene rings is 1. The van der Waals surface area contributed by atoms with Crippen molar-refractivity contribution < 1.29 is 4.74 Å². The molecular formula is C14H12ClN3O. The second kappa shape index (κ2) is 4.55. The van der Waals surface area contributed by atoms with Crippen LogP contribution in [-0.2, 0) is 0 Å². The molecule has 96 valence electrons. The maximum Gasteiger partial charge on any atom is 0.243 e. The smallest absolute Gasteiger partial charge is 0.243 e. The van der Waals surface area contributed by atoms with Crippen molar-refractivity contribution in [3.8, 4) is 17.1 Å². The van der Waals surface area contributed by atoms with Crippen LogP contribution in [0.15, 0.2) is 36.4 Å². The Morgan fingerprint density at radius 1 is 1.16 bits per heavy atom. The summed E-state index contributed by atoms with van der Waals surface area (Å²) in [7, 11) is 1.60. The van der Waals surface area contributed by atoms with Crippen molar-refractivity contribution in [1.82, 2.24) is 14.6 Å². The molecule has 0 aliphatic heterocycles. The summed E-state index contributed by atoms with van der Waals surface area (Å²) in [5, 5.41) is 4.62. The van der Waals surface area contributed by atoms with Gasteiger partial charge in [-0.1, -0.05) is 35.9 Å². The highest BCUT2D eigenvalue weighted by atomic mass is 35.5. The first-order chi connectivity index (χ1) is 9.20. The van der Waals surface area contributed by atoms with E-state index in [0.29, 0.717) is 16.7 Å². The Kier molecular flexibility index (Phi) is 2.87. The number of ether oxygens (including phenoxy) is 1. The second-order valence-electron chi connectivity index (χ2n) is 4.21. The maximum atomic E-state index is 5.92. The number of aryl methyl sites for hydroxylation is 1. The predicted octanol–water partition coefficient (Wildman–Crippen LogP) is 3.37. The van der Waals surface area contributed by atoms with Gasteiger partial charge in [-0.2, -0.15) is 9.61 Å². The first kappa shape index (κ1) is 12.0. The van der Waals surface area contributed by atoms with Gasteiger partial charge in [0.25, 0.3) is 0 Å². The fraction of sp³-hybridized carbons (Fsp3) is 0.143. The summed E-state index contributed by atoms with van der Waals surface area (Å²) >= 11 is 5.92. The number of halogens is 1. The van der Waals surface area contributed by atoms with Gasteiger partial charge in [-0.15, -0.1) is 0 Å². The summed E-state index contributed by atoms with van der Waals surface area (Å²) in [5.74, 6) is 0.590. The van der Waals surface area contributed by atoms with E-state index in [1.807, 2.05) is 37.3 Å². The average molecular weight is 274 g/mol. The molecular weight excluding hydrogens is 262 g/mol. The molecule has 0 bridgehead atoms. The van der Waals surface area contributed by atoms with Crippen LogP contribution in [0.5, 0.6) is 5.88 Å². The fourth-order valence-electron chi connectivity index (χ4n) is 2.09. The van der Waals surface area contributed by atoms with E-state index in [9.17, 15) is 0 Å². The molecule has 19 heavy (non-hydrogen) atoms. The van der Waals surface area contributed by atoms with Crippen LogP contribution in [0.3, 0.4) is 0 Å². The molecule has 0 amide bonds. The van der Waals surface area contributed by atoms with Crippen molar-refractivity contribution in [3.05, 3.63) is 47.1 Å². The van der Waals surface area contributed by atoms with Gasteiger partial charge >= 0.3 is 0 Å². The Balaban J connectivity index is 2.33. The molecule has 5 heteroatoms. The molecule has 3 rings (SSSR count). The molecule has 0 saturated carbocycles. The highest BCUT2D eigenvalue weighted by Gasteiger charge is 2.17. The summed E-state index contributed by atoms with van der Waals surface area (Å²) in [6.07, 6.45) is 0. The van der Waals surface area contributed by atoms with Gasteiger partial charge in [0.15, 0.2) is 5.65 Å². The van der Waals surface area contributed by atoms with Crippen LogP contribution in [0.2, 0.25) is 5.15 Å². The van der Waals surface area contributed by atoms with E-state index in [-0.39, 0.29) is 0 Å². The molecule has 0 aliphatic rings. The lowest BCUT2D eigenvalue weighted by Gasteiger charge is -2.05. The van der Waals surface area contributed by atoms with Gasteiger partial charge in [0.05, 0.1) is 7.11 Å². The monoisotopic (exact) mass is 273 g/mol. The summed E-state index contributed by atoms with van der Waals surface area (Å²) in [6, 6.07) is 11.6. The molecule has 2 heterocycles. The zero-order valence-corrected chi connectivity index (χ0v) is 11.3. The Morgan fingerprint density at radius 3 is 2.68 bits per heavy atom. The third-order valence-corrected chi connectivity index (χ3v) is 3.20. The number of aromatic nitrogens is 3. The summed E-state index contributed by atoms with van der Waals surface area (Å²) in [6.45, 7) is 2.04. The van der Waals surface area contributed by atoms with Crippen LogP contribution < -0.4 is 4.74 Å². The molecule has 0 saturated heterocycles. The molecule has 0 N–H and O–H groups in total. The highest BCUT2D eigenvalue weighted by Crippen LogP contribution is 2.32. The average Bonchev–Trinajstić information content (AvgIpc) is 2.76. The van der Waals surface area contributed by atoms with E-state index in [1.54, 1.807) is 17.7 Å². The number of nitrogens with zero attached hydrogens (tertiary/aromatic N) is 3. The van der Waals surface area contributed by atoms with Crippen LogP contribution in [0, 0.1) is 6.92 Å². The molecule has 4 nitrogen and oxygen atoms in total. The van der Waals surface area contributed by atoms with Crippen molar-refractivity contribution in [2.24, 2.45) is 0 Å². The summed E-state index contributed by atoms with van der Waals surface area (Å²) in [4.78, 5) is 4.57. The minimum absolute atomic E-state index is 0.402. The maximum absolute atomic E-state index is 5.92. The fourth-order valence-corrected chi connectivity index (χ4v) is 2.23. The number of methoxy groups -OCH3 is 1. The number of hydrogen-bond acceptors (Lipinski definition) is 3. The molecule has 0 aliphatic carbocycles. The molecule has 0 spiro atoms. The molecule has 2 aromatic heterocycles. The van der Waals surface area contributed by atoms with Crippen molar-refractivity contribution in [1.29, 1.82) is 0 Å². The first-order valence-electron chi connectivity index (χ1n) is 5.86. The lowest BCUT2D eigenvalue weighted by atomic mass is 10.1. The largest absolute Gasteiger partial charge is 0.479 e. The van der Waals surface area contributed by atoms with Gasteiger partial charge in [-0.25, -0.2) is 4.98 Å². The molecule has 0 unspecified atom stereocenters. The van der Waals surface area contributed by atoms with Gasteiger partial charge in [-0.05, 0) is 24.6 Å². The van der Waals surface area contributed by atoms with Gasteiger partial charge in [0.1, 0.15) is 10.8 Å². The third kappa shape index (κ3) is 1.94. The Labute approximate surface area is 115 Å². The van der Waals surface area contributed by atoms with E-state index in [0.717, 1.165) is 16.8 Å². The lowest BCUT2D eigenvalue weighted by molar-refractivity contribution is 0.389. The molecule has 3 aromatic rings. The van der Waals surface area contributed by atoms with Crippen molar-refractivity contribution >= 4 is 17.2 Å². The molecule has 0 radical (unpaired) electrons. The van der Waals surface area contributed by atoms with Gasteiger partial charge in [0, 0.05) is 5.56 Å². The van der Waals surface area contributed by atoms with Crippen molar-refractivity contribution in [2.75, 3.05) is 7.11 Å². The Morgan fingerprint density at radius 2 is 1.95 bits per heavy atom. The molecule has 0 fully saturated rings. The minimum Gasteiger partial charge on any atom is -0.479 e. The van der Waals surface area contributed by atoms with Crippen LogP contribution >= 0.6 is 11.6 Å². The number of imidazole rings is 1. The van der Waals surface area contributed by atoms with Crippen molar-refractivity contribution in [3.63, 3.8) is 0 Å². The normalized spacial score (nSPS) is 10.9. The second-order valence-corrected chi connectivity index (χ2v) is 4.60. The molecule has 1 aromatic carbocycles. The quantitative estimate of drug-likeness (QED) is 0.719. The lowest BCUT2D eigenvalue weighted by Crippen LogP contribution is -1.96. The van der Waals surface area contributed by atoms with E-state index in [2.05, 4.69) is 10.1 Å². The minimum atomic E-state index is 0.402. The standard InChI is InChI=1S/C14H12ClN3O/c1-9-5-3-4-6-10(9)13-14(19-2)18-12(16-13)8-7-11(15)17-18/h3-8H,1-2H3. The Hall–Kier alpha value is -2.07. The van der Waals surface area contributed by atoms with Crippen LogP contribution in [0.1, 0.15) is 5.56 Å². The van der Waals surface area contributed by atoms with Gasteiger partial charge in [0.2, 0.25) is 5.88 Å². The number of hydrogen-bond donors (Lipinski definition) is 0. The summed E-state index contributed by atoms with van der Waals surface area (Å²) < 4.78 is 7.06. The number of rotatable bonds is 2. The first-order valence-corrected chi connectivity index (χ1v) is 6.24. The van der Waals surface area contributed by atoms with Crippen LogP contribution in [0.25, 0.3) is 16.9 Å². The van der Waals surface area contributed by atoms with Crippen LogP contribution in [-0.4, -0.2) is 21.7 Å². The molecule has 0 atom stereocenters. The van der Waals surface area contributed by atoms with Gasteiger partial charge in [-0.3, -0.25) is 0 Å². The highest BCUT2D eigenvalue weighted by molar-refractivity contribution is 6.29. The topological polar surface area (TPSA) is 39.4 Å². The van der Waals surface area contributed by atoms with E-state index >= 15 is 0 Å². The Bertz CT molecular complexity index is 752. The predicted molar refractivity (Wildman–Crippen MR) is 74.7 cm³/mol. The van der Waals surface area contributed by atoms with Crippen molar-refractivity contribution in [2.45, 2.75) is 6.92 Å². The van der Waals surface area contributed by atoms with E-state index < -0.39 is 0 Å². The van der Waals surface area contributed by atoms with Crippen LogP contribution in [0.4, 0.5) is 0 Å². The van der Waals surface area contributed by atoms with Gasteiger partial charge < -0.3 is 4.74 Å².